The number of carbonyl (C=O) groups excluding carboxylic acids is 1. The summed E-state index contributed by atoms with van der Waals surface area (Å²) >= 11 is 0. The van der Waals surface area contributed by atoms with Gasteiger partial charge in [0.15, 0.2) is 0 Å². The van der Waals surface area contributed by atoms with Crippen LogP contribution in [0.25, 0.3) is 0 Å². The number of nitrogens with zero attached hydrogens (tertiary/aromatic N) is 2. The number of nitrogens with one attached hydrogen (secondary N) is 2. The van der Waals surface area contributed by atoms with Crippen molar-refractivity contribution in [2.75, 3.05) is 18.4 Å². The molecule has 0 saturated heterocycles. The van der Waals surface area contributed by atoms with Crippen LogP contribution in [0.4, 0.5) is 10.1 Å². The first kappa shape index (κ1) is 15.5. The standard InChI is InChI=1S/C15H15FN4O2/c1-10-7-11(20-22-10)8-15(21)19-6-5-18-14-4-2-3-13(16)12(14)9-17/h2-4,7,18H,5-6,8H2,1H3,(H,19,21). The molecule has 2 rings (SSSR count). The number of hydrogen-bond acceptors (Lipinski definition) is 5. The summed E-state index contributed by atoms with van der Waals surface area (Å²) in [5.74, 6) is -0.104. The fourth-order valence-electron chi connectivity index (χ4n) is 1.91. The Hall–Kier alpha value is -2.88. The number of amides is 1. The van der Waals surface area contributed by atoms with Gasteiger partial charge in [-0.2, -0.15) is 5.26 Å². The summed E-state index contributed by atoms with van der Waals surface area (Å²) < 4.78 is 18.3. The van der Waals surface area contributed by atoms with Crippen molar-refractivity contribution in [2.45, 2.75) is 13.3 Å². The average molecular weight is 302 g/mol. The molecule has 0 spiro atoms. The van der Waals surface area contributed by atoms with E-state index in [2.05, 4.69) is 15.8 Å². The highest BCUT2D eigenvalue weighted by atomic mass is 19.1. The van der Waals surface area contributed by atoms with E-state index in [4.69, 9.17) is 9.78 Å². The van der Waals surface area contributed by atoms with Gasteiger partial charge < -0.3 is 15.2 Å². The van der Waals surface area contributed by atoms with Gasteiger partial charge in [-0.25, -0.2) is 4.39 Å². The third-order valence-electron chi connectivity index (χ3n) is 2.91. The zero-order chi connectivity index (χ0) is 15.9. The van der Waals surface area contributed by atoms with Crippen molar-refractivity contribution in [3.63, 3.8) is 0 Å². The molecule has 1 aromatic heterocycles. The number of rotatable bonds is 6. The second-order valence-corrected chi connectivity index (χ2v) is 4.66. The number of benzene rings is 1. The Labute approximate surface area is 126 Å². The Bertz CT molecular complexity index is 706. The van der Waals surface area contributed by atoms with E-state index in [1.165, 1.54) is 12.1 Å². The largest absolute Gasteiger partial charge is 0.382 e. The van der Waals surface area contributed by atoms with Gasteiger partial charge in [0.05, 0.1) is 17.8 Å². The predicted octanol–water partition coefficient (Wildman–Crippen LogP) is 1.76. The van der Waals surface area contributed by atoms with Crippen molar-refractivity contribution in [1.29, 1.82) is 5.26 Å². The van der Waals surface area contributed by atoms with E-state index in [9.17, 15) is 9.18 Å². The molecule has 0 bridgehead atoms. The van der Waals surface area contributed by atoms with Crippen molar-refractivity contribution in [2.24, 2.45) is 0 Å². The van der Waals surface area contributed by atoms with E-state index in [-0.39, 0.29) is 17.9 Å². The number of hydrogen-bond donors (Lipinski definition) is 2. The maximum atomic E-state index is 13.4. The highest BCUT2D eigenvalue weighted by Gasteiger charge is 2.08. The number of nitriles is 1. The van der Waals surface area contributed by atoms with E-state index in [0.29, 0.717) is 30.2 Å². The van der Waals surface area contributed by atoms with Gasteiger partial charge in [-0.05, 0) is 19.1 Å². The van der Waals surface area contributed by atoms with Gasteiger partial charge in [-0.1, -0.05) is 11.2 Å². The van der Waals surface area contributed by atoms with Crippen LogP contribution < -0.4 is 10.6 Å². The summed E-state index contributed by atoms with van der Waals surface area (Å²) in [6, 6.07) is 7.86. The molecule has 1 aromatic carbocycles. The van der Waals surface area contributed by atoms with E-state index < -0.39 is 5.82 Å². The van der Waals surface area contributed by atoms with Crippen LogP contribution in [0.2, 0.25) is 0 Å². The van der Waals surface area contributed by atoms with Crippen molar-refractivity contribution >= 4 is 11.6 Å². The van der Waals surface area contributed by atoms with Crippen LogP contribution >= 0.6 is 0 Å². The molecule has 2 aromatic rings. The minimum atomic E-state index is -0.571. The lowest BCUT2D eigenvalue weighted by molar-refractivity contribution is -0.120. The fourth-order valence-corrected chi connectivity index (χ4v) is 1.91. The number of carbonyl (C=O) groups is 1. The molecule has 0 unspecified atom stereocenters. The summed E-state index contributed by atoms with van der Waals surface area (Å²) in [6.07, 6.45) is 0.140. The highest BCUT2D eigenvalue weighted by molar-refractivity contribution is 5.78. The van der Waals surface area contributed by atoms with Crippen LogP contribution in [0.15, 0.2) is 28.8 Å². The number of aryl methyl sites for hydroxylation is 1. The molecule has 114 valence electrons. The number of anilines is 1. The monoisotopic (exact) mass is 302 g/mol. The SMILES string of the molecule is Cc1cc(CC(=O)NCCNc2cccc(F)c2C#N)no1. The molecular formula is C15H15FN4O2. The maximum absolute atomic E-state index is 13.4. The van der Waals surface area contributed by atoms with E-state index in [1.807, 2.05) is 0 Å². The molecule has 0 saturated carbocycles. The molecule has 0 aliphatic carbocycles. The molecule has 1 amide bonds. The van der Waals surface area contributed by atoms with Gasteiger partial charge in [0.1, 0.15) is 23.2 Å². The molecule has 1 heterocycles. The third-order valence-corrected chi connectivity index (χ3v) is 2.91. The average Bonchev–Trinajstić information content (AvgIpc) is 2.89. The van der Waals surface area contributed by atoms with E-state index in [0.717, 1.165) is 0 Å². The highest BCUT2D eigenvalue weighted by Crippen LogP contribution is 2.17. The smallest absolute Gasteiger partial charge is 0.226 e. The Morgan fingerprint density at radius 2 is 2.27 bits per heavy atom. The summed E-state index contributed by atoms with van der Waals surface area (Å²) in [6.45, 7) is 2.48. The second-order valence-electron chi connectivity index (χ2n) is 4.66. The van der Waals surface area contributed by atoms with Gasteiger partial charge in [-0.15, -0.1) is 0 Å². The minimum Gasteiger partial charge on any atom is -0.382 e. The van der Waals surface area contributed by atoms with Gasteiger partial charge in [0.2, 0.25) is 5.91 Å². The zero-order valence-electron chi connectivity index (χ0n) is 12.0. The van der Waals surface area contributed by atoms with Crippen LogP contribution in [-0.4, -0.2) is 24.2 Å². The molecule has 0 radical (unpaired) electrons. The molecule has 6 nitrogen and oxygen atoms in total. The fraction of sp³-hybridized carbons (Fsp3) is 0.267. The lowest BCUT2D eigenvalue weighted by atomic mass is 10.2. The summed E-state index contributed by atoms with van der Waals surface area (Å²) in [4.78, 5) is 11.7. The first-order valence-corrected chi connectivity index (χ1v) is 6.71. The Kier molecular flexibility index (Phi) is 5.09. The summed E-state index contributed by atoms with van der Waals surface area (Å²) in [7, 11) is 0. The molecule has 0 aliphatic heterocycles. The molecule has 0 atom stereocenters. The van der Waals surface area contributed by atoms with Gasteiger partial charge in [0, 0.05) is 19.2 Å². The molecule has 0 aliphatic rings. The molecular weight excluding hydrogens is 287 g/mol. The molecule has 2 N–H and O–H groups in total. The number of aromatic nitrogens is 1. The minimum absolute atomic E-state index is 0.0353. The first-order chi connectivity index (χ1) is 10.6. The lowest BCUT2D eigenvalue weighted by Crippen LogP contribution is -2.30. The topological polar surface area (TPSA) is 91.0 Å². The number of halogens is 1. The van der Waals surface area contributed by atoms with Gasteiger partial charge in [0.25, 0.3) is 0 Å². The van der Waals surface area contributed by atoms with E-state index >= 15 is 0 Å². The Morgan fingerprint density at radius 1 is 1.45 bits per heavy atom. The quantitative estimate of drug-likeness (QED) is 0.793. The first-order valence-electron chi connectivity index (χ1n) is 6.71. The van der Waals surface area contributed by atoms with E-state index in [1.54, 1.807) is 25.1 Å². The van der Waals surface area contributed by atoms with Crippen LogP contribution in [-0.2, 0) is 11.2 Å². The maximum Gasteiger partial charge on any atom is 0.226 e. The summed E-state index contributed by atoms with van der Waals surface area (Å²) in [5.41, 5.74) is 0.940. The van der Waals surface area contributed by atoms with Crippen molar-refractivity contribution in [3.05, 3.63) is 47.1 Å². The Morgan fingerprint density at radius 3 is 2.95 bits per heavy atom. The zero-order valence-corrected chi connectivity index (χ0v) is 12.0. The second kappa shape index (κ2) is 7.22. The predicted molar refractivity (Wildman–Crippen MR) is 77.6 cm³/mol. The third kappa shape index (κ3) is 4.06. The molecule has 22 heavy (non-hydrogen) atoms. The van der Waals surface area contributed by atoms with Crippen LogP contribution in [0.1, 0.15) is 17.0 Å². The van der Waals surface area contributed by atoms with Crippen LogP contribution in [0.3, 0.4) is 0 Å². The molecule has 7 heteroatoms. The van der Waals surface area contributed by atoms with Crippen molar-refractivity contribution in [1.82, 2.24) is 10.5 Å². The van der Waals surface area contributed by atoms with Crippen LogP contribution in [0.5, 0.6) is 0 Å². The lowest BCUT2D eigenvalue weighted by Gasteiger charge is -2.09. The normalized spacial score (nSPS) is 10.0. The van der Waals surface area contributed by atoms with Crippen molar-refractivity contribution < 1.29 is 13.7 Å². The van der Waals surface area contributed by atoms with Gasteiger partial charge in [-0.3, -0.25) is 4.79 Å². The van der Waals surface area contributed by atoms with Gasteiger partial charge >= 0.3 is 0 Å². The molecule has 0 fully saturated rings. The van der Waals surface area contributed by atoms with Crippen molar-refractivity contribution in [3.8, 4) is 6.07 Å². The summed E-state index contributed by atoms with van der Waals surface area (Å²) in [5, 5.41) is 18.2. The Balaban J connectivity index is 1.77. The van der Waals surface area contributed by atoms with Crippen LogP contribution in [0, 0.1) is 24.1 Å².